The Morgan fingerprint density at radius 2 is 2.36 bits per heavy atom. The fraction of sp³-hybridized carbons (Fsp3) is 0.200. The highest BCUT2D eigenvalue weighted by Gasteiger charge is 2.08. The van der Waals surface area contributed by atoms with Crippen LogP contribution in [0.1, 0.15) is 11.1 Å². The molecule has 0 radical (unpaired) electrons. The zero-order valence-corrected chi connectivity index (χ0v) is 7.65. The van der Waals surface area contributed by atoms with E-state index >= 15 is 0 Å². The number of carboxylic acids is 1. The summed E-state index contributed by atoms with van der Waals surface area (Å²) in [6.07, 6.45) is -0.140. The first-order valence-electron chi connectivity index (χ1n) is 3.96. The highest BCUT2D eigenvalue weighted by Crippen LogP contribution is 2.19. The molecule has 0 aliphatic heterocycles. The smallest absolute Gasteiger partial charge is 0.307 e. The number of hydrogen-bond donors (Lipinski definition) is 1. The van der Waals surface area contributed by atoms with Crippen molar-refractivity contribution in [3.8, 4) is 11.8 Å². The second-order valence-electron chi connectivity index (χ2n) is 2.71. The normalized spacial score (nSPS) is 9.14. The van der Waals surface area contributed by atoms with Crippen LogP contribution in [-0.2, 0) is 11.2 Å². The lowest BCUT2D eigenvalue weighted by Gasteiger charge is -2.05. The number of aliphatic carboxylic acids is 1. The molecular formula is C10H9NO3. The molecule has 1 aromatic carbocycles. The van der Waals surface area contributed by atoms with Crippen LogP contribution in [0.4, 0.5) is 0 Å². The van der Waals surface area contributed by atoms with Crippen molar-refractivity contribution in [1.29, 1.82) is 5.26 Å². The van der Waals surface area contributed by atoms with Gasteiger partial charge in [0.1, 0.15) is 5.75 Å². The summed E-state index contributed by atoms with van der Waals surface area (Å²) < 4.78 is 4.97. The average Bonchev–Trinajstić information content (AvgIpc) is 2.16. The lowest BCUT2D eigenvalue weighted by Crippen LogP contribution is -2.02. The van der Waals surface area contributed by atoms with E-state index in [9.17, 15) is 4.79 Å². The van der Waals surface area contributed by atoms with Gasteiger partial charge in [-0.25, -0.2) is 0 Å². The lowest BCUT2D eigenvalue weighted by molar-refractivity contribution is -0.136. The van der Waals surface area contributed by atoms with Crippen LogP contribution in [0.3, 0.4) is 0 Å². The molecule has 0 saturated heterocycles. The fourth-order valence-corrected chi connectivity index (χ4v) is 1.15. The summed E-state index contributed by atoms with van der Waals surface area (Å²) in [4.78, 5) is 10.5. The second-order valence-corrected chi connectivity index (χ2v) is 2.71. The number of nitriles is 1. The summed E-state index contributed by atoms with van der Waals surface area (Å²) >= 11 is 0. The SMILES string of the molecule is COc1ccc(C#N)cc1CC(=O)O. The van der Waals surface area contributed by atoms with Gasteiger partial charge in [0.15, 0.2) is 0 Å². The largest absolute Gasteiger partial charge is 0.496 e. The molecule has 0 aromatic heterocycles. The summed E-state index contributed by atoms with van der Waals surface area (Å²) in [5, 5.41) is 17.2. The van der Waals surface area contributed by atoms with Gasteiger partial charge < -0.3 is 9.84 Å². The zero-order chi connectivity index (χ0) is 10.6. The number of carbonyl (C=O) groups is 1. The number of ether oxygens (including phenoxy) is 1. The van der Waals surface area contributed by atoms with Crippen molar-refractivity contribution < 1.29 is 14.6 Å². The minimum absolute atomic E-state index is 0.140. The van der Waals surface area contributed by atoms with Gasteiger partial charge in [0.2, 0.25) is 0 Å². The van der Waals surface area contributed by atoms with E-state index in [2.05, 4.69) is 0 Å². The number of benzene rings is 1. The summed E-state index contributed by atoms with van der Waals surface area (Å²) in [7, 11) is 1.47. The molecule has 14 heavy (non-hydrogen) atoms. The molecule has 0 amide bonds. The average molecular weight is 191 g/mol. The summed E-state index contributed by atoms with van der Waals surface area (Å²) in [5.41, 5.74) is 0.945. The van der Waals surface area contributed by atoms with Gasteiger partial charge in [-0.2, -0.15) is 5.26 Å². The van der Waals surface area contributed by atoms with Crippen LogP contribution >= 0.6 is 0 Å². The first kappa shape index (κ1) is 10.1. The van der Waals surface area contributed by atoms with Crippen molar-refractivity contribution in [2.24, 2.45) is 0 Å². The number of nitrogens with zero attached hydrogens (tertiary/aromatic N) is 1. The van der Waals surface area contributed by atoms with E-state index in [0.29, 0.717) is 16.9 Å². The molecule has 0 bridgehead atoms. The molecule has 0 aliphatic carbocycles. The van der Waals surface area contributed by atoms with Crippen molar-refractivity contribution in [1.82, 2.24) is 0 Å². The highest BCUT2D eigenvalue weighted by atomic mass is 16.5. The third kappa shape index (κ3) is 2.23. The predicted octanol–water partition coefficient (Wildman–Crippen LogP) is 1.19. The van der Waals surface area contributed by atoms with Crippen molar-refractivity contribution in [2.75, 3.05) is 7.11 Å². The highest BCUT2D eigenvalue weighted by molar-refractivity contribution is 5.71. The van der Waals surface area contributed by atoms with Crippen LogP contribution in [0.2, 0.25) is 0 Å². The fourth-order valence-electron chi connectivity index (χ4n) is 1.15. The Kier molecular flexibility index (Phi) is 3.08. The van der Waals surface area contributed by atoms with Crippen LogP contribution in [0.15, 0.2) is 18.2 Å². The maximum atomic E-state index is 10.5. The third-order valence-corrected chi connectivity index (χ3v) is 1.75. The molecule has 0 atom stereocenters. The van der Waals surface area contributed by atoms with E-state index < -0.39 is 5.97 Å². The van der Waals surface area contributed by atoms with E-state index in [1.165, 1.54) is 13.2 Å². The Morgan fingerprint density at radius 1 is 1.64 bits per heavy atom. The molecule has 4 heteroatoms. The molecule has 4 nitrogen and oxygen atoms in total. The summed E-state index contributed by atoms with van der Waals surface area (Å²) in [6, 6.07) is 6.65. The van der Waals surface area contributed by atoms with Crippen LogP contribution in [0.5, 0.6) is 5.75 Å². The van der Waals surface area contributed by atoms with Gasteiger partial charge in [0.25, 0.3) is 0 Å². The number of rotatable bonds is 3. The van der Waals surface area contributed by atoms with Crippen LogP contribution in [-0.4, -0.2) is 18.2 Å². The zero-order valence-electron chi connectivity index (χ0n) is 7.65. The van der Waals surface area contributed by atoms with Gasteiger partial charge in [-0.15, -0.1) is 0 Å². The molecule has 0 spiro atoms. The van der Waals surface area contributed by atoms with E-state index in [1.54, 1.807) is 12.1 Å². The maximum Gasteiger partial charge on any atom is 0.307 e. The van der Waals surface area contributed by atoms with E-state index in [4.69, 9.17) is 15.1 Å². The van der Waals surface area contributed by atoms with Gasteiger partial charge in [0.05, 0.1) is 25.2 Å². The Morgan fingerprint density at radius 3 is 2.86 bits per heavy atom. The molecule has 0 heterocycles. The molecule has 1 aromatic rings. The topological polar surface area (TPSA) is 70.3 Å². The van der Waals surface area contributed by atoms with E-state index in [1.807, 2.05) is 6.07 Å². The van der Waals surface area contributed by atoms with Crippen LogP contribution < -0.4 is 4.74 Å². The molecular weight excluding hydrogens is 182 g/mol. The molecule has 1 rings (SSSR count). The van der Waals surface area contributed by atoms with Crippen LogP contribution in [0, 0.1) is 11.3 Å². The minimum atomic E-state index is -0.946. The van der Waals surface area contributed by atoms with Gasteiger partial charge in [-0.1, -0.05) is 0 Å². The van der Waals surface area contributed by atoms with Crippen molar-refractivity contribution >= 4 is 5.97 Å². The van der Waals surface area contributed by atoms with Gasteiger partial charge in [-0.05, 0) is 18.2 Å². The lowest BCUT2D eigenvalue weighted by atomic mass is 10.1. The van der Waals surface area contributed by atoms with Crippen LogP contribution in [0.25, 0.3) is 0 Å². The summed E-state index contributed by atoms with van der Waals surface area (Å²) in [5.74, 6) is -0.454. The Bertz CT molecular complexity index is 393. The maximum absolute atomic E-state index is 10.5. The molecule has 0 saturated carbocycles. The first-order valence-corrected chi connectivity index (χ1v) is 3.96. The standard InChI is InChI=1S/C10H9NO3/c1-14-9-3-2-7(6-11)4-8(9)5-10(12)13/h2-4H,5H2,1H3,(H,12,13). The van der Waals surface area contributed by atoms with Gasteiger partial charge in [0, 0.05) is 5.56 Å². The molecule has 0 fully saturated rings. The van der Waals surface area contributed by atoms with Gasteiger partial charge in [-0.3, -0.25) is 4.79 Å². The predicted molar refractivity (Wildman–Crippen MR) is 49.0 cm³/mol. The minimum Gasteiger partial charge on any atom is -0.496 e. The molecule has 0 aliphatic rings. The number of carboxylic acid groups (broad SMARTS) is 1. The van der Waals surface area contributed by atoms with Crippen molar-refractivity contribution in [3.05, 3.63) is 29.3 Å². The molecule has 72 valence electrons. The second kappa shape index (κ2) is 4.28. The molecule has 1 N–H and O–H groups in total. The Labute approximate surface area is 81.4 Å². The van der Waals surface area contributed by atoms with E-state index in [-0.39, 0.29) is 6.42 Å². The van der Waals surface area contributed by atoms with Crippen molar-refractivity contribution in [2.45, 2.75) is 6.42 Å². The number of hydrogen-bond acceptors (Lipinski definition) is 3. The van der Waals surface area contributed by atoms with Gasteiger partial charge >= 0.3 is 5.97 Å². The number of methoxy groups -OCH3 is 1. The molecule has 0 unspecified atom stereocenters. The monoisotopic (exact) mass is 191 g/mol. The first-order chi connectivity index (χ1) is 6.67. The third-order valence-electron chi connectivity index (χ3n) is 1.75. The quantitative estimate of drug-likeness (QED) is 0.779. The van der Waals surface area contributed by atoms with Crippen molar-refractivity contribution in [3.63, 3.8) is 0 Å². The Balaban J connectivity index is 3.09. The Hall–Kier alpha value is -2.02. The summed E-state index contributed by atoms with van der Waals surface area (Å²) in [6.45, 7) is 0. The van der Waals surface area contributed by atoms with E-state index in [0.717, 1.165) is 0 Å².